The molecule has 3 rings (SSSR count). The van der Waals surface area contributed by atoms with Gasteiger partial charge in [-0.25, -0.2) is 4.79 Å². The van der Waals surface area contributed by atoms with Crippen molar-refractivity contribution < 1.29 is 19.1 Å². The molecule has 3 aromatic carbocycles. The number of anilines is 2. The summed E-state index contributed by atoms with van der Waals surface area (Å²) in [6, 6.07) is 24.2. The van der Waals surface area contributed by atoms with Crippen molar-refractivity contribution in [1.82, 2.24) is 0 Å². The van der Waals surface area contributed by atoms with Crippen LogP contribution in [-0.4, -0.2) is 32.1 Å². The van der Waals surface area contributed by atoms with E-state index >= 15 is 0 Å². The van der Waals surface area contributed by atoms with E-state index < -0.39 is 5.97 Å². The molecule has 3 aromatic rings. The van der Waals surface area contributed by atoms with Crippen LogP contribution in [0.25, 0.3) is 0 Å². The Morgan fingerprint density at radius 2 is 1.63 bits per heavy atom. The van der Waals surface area contributed by atoms with Crippen molar-refractivity contribution in [2.45, 2.75) is 6.42 Å². The number of benzene rings is 3. The summed E-state index contributed by atoms with van der Waals surface area (Å²) in [5.41, 5.74) is 3.05. The summed E-state index contributed by atoms with van der Waals surface area (Å²) < 4.78 is 10.5. The van der Waals surface area contributed by atoms with Gasteiger partial charge in [-0.3, -0.25) is 4.79 Å². The molecule has 0 aliphatic rings. The predicted octanol–water partition coefficient (Wildman–Crippen LogP) is 4.15. The molecule has 0 spiro atoms. The molecule has 30 heavy (non-hydrogen) atoms. The molecule has 0 fully saturated rings. The van der Waals surface area contributed by atoms with Gasteiger partial charge in [-0.05, 0) is 42.0 Å². The SMILES string of the molecule is COC(=O)c1ccc(NC(=O)CNc2cccc(OCCc3ccccc3)c2)cc1. The quantitative estimate of drug-likeness (QED) is 0.524. The molecule has 0 unspecified atom stereocenters. The smallest absolute Gasteiger partial charge is 0.337 e. The lowest BCUT2D eigenvalue weighted by Gasteiger charge is -2.11. The van der Waals surface area contributed by atoms with Crippen molar-refractivity contribution in [3.05, 3.63) is 90.0 Å². The maximum absolute atomic E-state index is 12.2. The maximum atomic E-state index is 12.2. The van der Waals surface area contributed by atoms with E-state index in [9.17, 15) is 9.59 Å². The molecule has 0 aliphatic heterocycles. The van der Waals surface area contributed by atoms with Gasteiger partial charge in [0, 0.05) is 23.9 Å². The van der Waals surface area contributed by atoms with Gasteiger partial charge in [-0.2, -0.15) is 0 Å². The van der Waals surface area contributed by atoms with E-state index in [2.05, 4.69) is 27.5 Å². The Bertz CT molecular complexity index is 972. The molecule has 0 heterocycles. The molecule has 0 atom stereocenters. The Kier molecular flexibility index (Phi) is 7.44. The number of carbonyl (C=O) groups is 2. The lowest BCUT2D eigenvalue weighted by molar-refractivity contribution is -0.114. The number of nitrogens with one attached hydrogen (secondary N) is 2. The lowest BCUT2D eigenvalue weighted by Crippen LogP contribution is -2.21. The Labute approximate surface area is 175 Å². The van der Waals surface area contributed by atoms with Crippen LogP contribution in [0.15, 0.2) is 78.9 Å². The number of ether oxygens (including phenoxy) is 2. The number of hydrogen-bond donors (Lipinski definition) is 2. The number of rotatable bonds is 9. The summed E-state index contributed by atoms with van der Waals surface area (Å²) in [5.74, 6) is 0.131. The zero-order valence-electron chi connectivity index (χ0n) is 16.8. The second-order valence-electron chi connectivity index (χ2n) is 6.58. The van der Waals surface area contributed by atoms with Crippen LogP contribution in [0.3, 0.4) is 0 Å². The zero-order chi connectivity index (χ0) is 21.2. The van der Waals surface area contributed by atoms with E-state index in [1.54, 1.807) is 24.3 Å². The maximum Gasteiger partial charge on any atom is 0.337 e. The third-order valence-corrected chi connectivity index (χ3v) is 4.38. The fraction of sp³-hybridized carbons (Fsp3) is 0.167. The van der Waals surface area contributed by atoms with Crippen LogP contribution in [0.2, 0.25) is 0 Å². The van der Waals surface area contributed by atoms with Crippen LogP contribution >= 0.6 is 0 Å². The highest BCUT2D eigenvalue weighted by molar-refractivity contribution is 5.95. The predicted molar refractivity (Wildman–Crippen MR) is 117 cm³/mol. The van der Waals surface area contributed by atoms with Crippen LogP contribution in [0.5, 0.6) is 5.75 Å². The van der Waals surface area contributed by atoms with Crippen molar-refractivity contribution in [3.63, 3.8) is 0 Å². The van der Waals surface area contributed by atoms with E-state index in [-0.39, 0.29) is 12.5 Å². The minimum absolute atomic E-state index is 0.103. The van der Waals surface area contributed by atoms with E-state index in [0.717, 1.165) is 17.9 Å². The van der Waals surface area contributed by atoms with Gasteiger partial charge in [0.15, 0.2) is 0 Å². The molecule has 6 nitrogen and oxygen atoms in total. The average molecular weight is 404 g/mol. The second kappa shape index (κ2) is 10.7. The van der Waals surface area contributed by atoms with Crippen molar-refractivity contribution in [3.8, 4) is 5.75 Å². The molecule has 2 N–H and O–H groups in total. The highest BCUT2D eigenvalue weighted by atomic mass is 16.5. The van der Waals surface area contributed by atoms with E-state index in [0.29, 0.717) is 17.9 Å². The Morgan fingerprint density at radius 1 is 0.867 bits per heavy atom. The van der Waals surface area contributed by atoms with Crippen molar-refractivity contribution in [2.75, 3.05) is 30.9 Å². The summed E-state index contributed by atoms with van der Waals surface area (Å²) in [7, 11) is 1.33. The minimum atomic E-state index is -0.416. The van der Waals surface area contributed by atoms with Gasteiger partial charge in [0.25, 0.3) is 0 Å². The van der Waals surface area contributed by atoms with Crippen molar-refractivity contribution in [1.29, 1.82) is 0 Å². The van der Waals surface area contributed by atoms with E-state index in [1.165, 1.54) is 12.7 Å². The Balaban J connectivity index is 1.45. The zero-order valence-corrected chi connectivity index (χ0v) is 16.8. The fourth-order valence-electron chi connectivity index (χ4n) is 2.82. The molecule has 1 amide bonds. The molecule has 0 aromatic heterocycles. The number of carbonyl (C=O) groups excluding carboxylic acids is 2. The van der Waals surface area contributed by atoms with Gasteiger partial charge >= 0.3 is 5.97 Å². The molecular formula is C24H24N2O4. The van der Waals surface area contributed by atoms with Crippen LogP contribution in [-0.2, 0) is 16.0 Å². The molecular weight excluding hydrogens is 380 g/mol. The average Bonchev–Trinajstić information content (AvgIpc) is 2.79. The van der Waals surface area contributed by atoms with Gasteiger partial charge in [-0.15, -0.1) is 0 Å². The monoisotopic (exact) mass is 404 g/mol. The third kappa shape index (κ3) is 6.38. The van der Waals surface area contributed by atoms with E-state index in [4.69, 9.17) is 4.74 Å². The second-order valence-corrected chi connectivity index (χ2v) is 6.58. The van der Waals surface area contributed by atoms with Crippen LogP contribution in [0, 0.1) is 0 Å². The summed E-state index contributed by atoms with van der Waals surface area (Å²) in [6.07, 6.45) is 0.829. The Hall–Kier alpha value is -3.80. The summed E-state index contributed by atoms with van der Waals surface area (Å²) >= 11 is 0. The van der Waals surface area contributed by atoms with Crippen LogP contribution < -0.4 is 15.4 Å². The van der Waals surface area contributed by atoms with Gasteiger partial charge in [0.2, 0.25) is 5.91 Å². The first-order valence-electron chi connectivity index (χ1n) is 9.63. The van der Waals surface area contributed by atoms with Crippen LogP contribution in [0.1, 0.15) is 15.9 Å². The molecule has 0 bridgehead atoms. The molecule has 0 saturated carbocycles. The highest BCUT2D eigenvalue weighted by Gasteiger charge is 2.07. The number of amides is 1. The summed E-state index contributed by atoms with van der Waals surface area (Å²) in [6.45, 7) is 0.682. The van der Waals surface area contributed by atoms with Crippen molar-refractivity contribution in [2.24, 2.45) is 0 Å². The summed E-state index contributed by atoms with van der Waals surface area (Å²) in [5, 5.41) is 5.86. The molecule has 0 saturated heterocycles. The largest absolute Gasteiger partial charge is 0.493 e. The normalized spacial score (nSPS) is 10.2. The number of methoxy groups -OCH3 is 1. The summed E-state index contributed by atoms with van der Waals surface area (Å²) in [4.78, 5) is 23.6. The van der Waals surface area contributed by atoms with Gasteiger partial charge in [0.1, 0.15) is 5.75 Å². The molecule has 154 valence electrons. The van der Waals surface area contributed by atoms with Gasteiger partial charge in [0.05, 0.1) is 25.8 Å². The Morgan fingerprint density at radius 3 is 2.37 bits per heavy atom. The van der Waals surface area contributed by atoms with Crippen LogP contribution in [0.4, 0.5) is 11.4 Å². The fourth-order valence-corrected chi connectivity index (χ4v) is 2.82. The van der Waals surface area contributed by atoms with E-state index in [1.807, 2.05) is 42.5 Å². The molecule has 0 radical (unpaired) electrons. The highest BCUT2D eigenvalue weighted by Crippen LogP contribution is 2.18. The minimum Gasteiger partial charge on any atom is -0.493 e. The van der Waals surface area contributed by atoms with Gasteiger partial charge in [-0.1, -0.05) is 36.4 Å². The lowest BCUT2D eigenvalue weighted by atomic mass is 10.2. The molecule has 0 aliphatic carbocycles. The number of hydrogen-bond acceptors (Lipinski definition) is 5. The molecule has 6 heteroatoms. The first kappa shape index (κ1) is 20.9. The first-order chi connectivity index (χ1) is 14.6. The first-order valence-corrected chi connectivity index (χ1v) is 9.63. The number of esters is 1. The third-order valence-electron chi connectivity index (χ3n) is 4.38. The topological polar surface area (TPSA) is 76.7 Å². The standard InChI is InChI=1S/C24H24N2O4/c1-29-24(28)19-10-12-20(13-11-19)26-23(27)17-25-21-8-5-9-22(16-21)30-15-14-18-6-3-2-4-7-18/h2-13,16,25H,14-15,17H2,1H3,(H,26,27). The van der Waals surface area contributed by atoms with Gasteiger partial charge < -0.3 is 20.1 Å². The van der Waals surface area contributed by atoms with Crippen molar-refractivity contribution >= 4 is 23.3 Å².